The topological polar surface area (TPSA) is 80.8 Å². The summed E-state index contributed by atoms with van der Waals surface area (Å²) in [4.78, 5) is 51.1. The van der Waals surface area contributed by atoms with Crippen molar-refractivity contribution in [1.82, 2.24) is 4.90 Å². The Hall–Kier alpha value is -3.28. The summed E-state index contributed by atoms with van der Waals surface area (Å²) >= 11 is 0. The number of unbranched alkanes of at least 4 members (excludes halogenated alkanes) is 1. The highest BCUT2D eigenvalue weighted by Gasteiger charge is 2.35. The van der Waals surface area contributed by atoms with E-state index in [4.69, 9.17) is 4.74 Å². The number of ether oxygens (including phenoxy) is 1. The summed E-state index contributed by atoms with van der Waals surface area (Å²) in [5, 5.41) is 0. The Kier molecular flexibility index (Phi) is 5.92. The molecule has 0 saturated heterocycles. The van der Waals surface area contributed by atoms with Gasteiger partial charge in [-0.25, -0.2) is 4.79 Å². The molecule has 1 aliphatic heterocycles. The molecule has 0 saturated carbocycles. The van der Waals surface area contributed by atoms with Crippen LogP contribution in [0.5, 0.6) is 0 Å². The van der Waals surface area contributed by atoms with Gasteiger partial charge in [-0.1, -0.05) is 43.2 Å². The SMILES string of the molecule is CCCCN1C(=O)c2ccc(C(=O)O[C@H](C)C(=O)c3ccc(C)cc3)cc2C1=O. The van der Waals surface area contributed by atoms with Gasteiger partial charge in [0.15, 0.2) is 6.10 Å². The van der Waals surface area contributed by atoms with Crippen molar-refractivity contribution in [3.05, 3.63) is 70.3 Å². The summed E-state index contributed by atoms with van der Waals surface area (Å²) < 4.78 is 5.30. The Labute approximate surface area is 169 Å². The van der Waals surface area contributed by atoms with Crippen LogP contribution >= 0.6 is 0 Å². The van der Waals surface area contributed by atoms with Crippen molar-refractivity contribution in [1.29, 1.82) is 0 Å². The zero-order valence-electron chi connectivity index (χ0n) is 16.7. The minimum absolute atomic E-state index is 0.130. The number of carbonyl (C=O) groups is 4. The van der Waals surface area contributed by atoms with Gasteiger partial charge in [-0.2, -0.15) is 0 Å². The molecule has 0 N–H and O–H groups in total. The number of imide groups is 1. The van der Waals surface area contributed by atoms with E-state index < -0.39 is 18.0 Å². The number of ketones is 1. The van der Waals surface area contributed by atoms with Crippen LogP contribution in [0.2, 0.25) is 0 Å². The summed E-state index contributed by atoms with van der Waals surface area (Å²) in [6, 6.07) is 11.3. The number of hydrogen-bond donors (Lipinski definition) is 0. The van der Waals surface area contributed by atoms with E-state index in [1.54, 1.807) is 12.1 Å². The Balaban J connectivity index is 1.74. The normalized spacial score (nSPS) is 14.0. The van der Waals surface area contributed by atoms with Gasteiger partial charge in [0.2, 0.25) is 5.78 Å². The molecule has 1 aliphatic rings. The smallest absolute Gasteiger partial charge is 0.338 e. The van der Waals surface area contributed by atoms with E-state index in [0.29, 0.717) is 12.1 Å². The number of aryl methyl sites for hydroxylation is 1. The molecular weight excluding hydrogens is 370 g/mol. The van der Waals surface area contributed by atoms with Crippen molar-refractivity contribution in [3.63, 3.8) is 0 Å². The molecule has 29 heavy (non-hydrogen) atoms. The van der Waals surface area contributed by atoms with E-state index in [0.717, 1.165) is 18.4 Å². The molecule has 0 fully saturated rings. The average molecular weight is 393 g/mol. The van der Waals surface area contributed by atoms with E-state index in [9.17, 15) is 19.2 Å². The van der Waals surface area contributed by atoms with Crippen LogP contribution in [-0.2, 0) is 4.74 Å². The quantitative estimate of drug-likeness (QED) is 0.406. The summed E-state index contributed by atoms with van der Waals surface area (Å²) in [5.41, 5.74) is 2.09. The highest BCUT2D eigenvalue weighted by atomic mass is 16.5. The van der Waals surface area contributed by atoms with Crippen LogP contribution in [0.3, 0.4) is 0 Å². The average Bonchev–Trinajstić information content (AvgIpc) is 2.96. The van der Waals surface area contributed by atoms with Crippen molar-refractivity contribution in [3.8, 4) is 0 Å². The van der Waals surface area contributed by atoms with E-state index in [1.165, 1.54) is 30.0 Å². The van der Waals surface area contributed by atoms with E-state index in [1.807, 2.05) is 26.0 Å². The van der Waals surface area contributed by atoms with Crippen molar-refractivity contribution in [2.45, 2.75) is 39.7 Å². The lowest BCUT2D eigenvalue weighted by Crippen LogP contribution is -2.30. The fourth-order valence-corrected chi connectivity index (χ4v) is 3.17. The molecule has 3 rings (SSSR count). The van der Waals surface area contributed by atoms with Gasteiger partial charge in [0, 0.05) is 12.1 Å². The van der Waals surface area contributed by atoms with Crippen molar-refractivity contribution in [2.24, 2.45) is 0 Å². The summed E-state index contributed by atoms with van der Waals surface area (Å²) in [7, 11) is 0. The largest absolute Gasteiger partial charge is 0.451 e. The summed E-state index contributed by atoms with van der Waals surface area (Å²) in [6.07, 6.45) is 0.605. The number of rotatable bonds is 7. The maximum absolute atomic E-state index is 12.5. The molecule has 0 aromatic heterocycles. The summed E-state index contributed by atoms with van der Waals surface area (Å²) in [5.74, 6) is -1.78. The van der Waals surface area contributed by atoms with Gasteiger partial charge in [0.05, 0.1) is 16.7 Å². The molecule has 1 atom stereocenters. The van der Waals surface area contributed by atoms with Crippen LogP contribution in [-0.4, -0.2) is 41.1 Å². The Morgan fingerprint density at radius 2 is 1.59 bits per heavy atom. The number of hydrogen-bond acceptors (Lipinski definition) is 5. The minimum Gasteiger partial charge on any atom is -0.451 e. The second-order valence-electron chi connectivity index (χ2n) is 7.15. The number of Topliss-reactive ketones (excluding diaryl/α,β-unsaturated/α-hetero) is 1. The second-order valence-corrected chi connectivity index (χ2v) is 7.15. The number of carbonyl (C=O) groups excluding carboxylic acids is 4. The standard InChI is InChI=1S/C23H23NO5/c1-4-5-12-24-21(26)18-11-10-17(13-19(18)22(24)27)23(28)29-15(3)20(25)16-8-6-14(2)7-9-16/h6-11,13,15H,4-5,12H2,1-3H3/t15-/m1/s1. The van der Waals surface area contributed by atoms with Crippen molar-refractivity contribution in [2.75, 3.05) is 6.54 Å². The fraction of sp³-hybridized carbons (Fsp3) is 0.304. The van der Waals surface area contributed by atoms with Gasteiger partial charge in [-0.15, -0.1) is 0 Å². The number of benzene rings is 2. The third kappa shape index (κ3) is 4.11. The zero-order chi connectivity index (χ0) is 21.1. The number of nitrogens with zero attached hydrogens (tertiary/aromatic N) is 1. The van der Waals surface area contributed by atoms with Gasteiger partial charge in [0.25, 0.3) is 11.8 Å². The first-order valence-corrected chi connectivity index (χ1v) is 9.65. The first-order chi connectivity index (χ1) is 13.8. The monoisotopic (exact) mass is 393 g/mol. The highest BCUT2D eigenvalue weighted by molar-refractivity contribution is 6.22. The molecule has 6 heteroatoms. The lowest BCUT2D eigenvalue weighted by molar-refractivity contribution is 0.0318. The Morgan fingerprint density at radius 1 is 0.966 bits per heavy atom. The lowest BCUT2D eigenvalue weighted by Gasteiger charge is -2.13. The first-order valence-electron chi connectivity index (χ1n) is 9.65. The molecule has 2 amide bonds. The van der Waals surface area contributed by atoms with Crippen LogP contribution in [0.15, 0.2) is 42.5 Å². The molecule has 2 aromatic carbocycles. The number of fused-ring (bicyclic) bond motifs is 1. The maximum Gasteiger partial charge on any atom is 0.338 e. The predicted molar refractivity (Wildman–Crippen MR) is 107 cm³/mol. The Morgan fingerprint density at radius 3 is 2.24 bits per heavy atom. The molecule has 0 aliphatic carbocycles. The molecule has 0 bridgehead atoms. The van der Waals surface area contributed by atoms with Crippen LogP contribution in [0.25, 0.3) is 0 Å². The first kappa shape index (κ1) is 20.5. The minimum atomic E-state index is -0.975. The van der Waals surface area contributed by atoms with Gasteiger partial charge >= 0.3 is 5.97 Å². The molecular formula is C23H23NO5. The van der Waals surface area contributed by atoms with E-state index >= 15 is 0 Å². The van der Waals surface area contributed by atoms with Gasteiger partial charge in [-0.05, 0) is 38.5 Å². The van der Waals surface area contributed by atoms with Crippen LogP contribution in [0, 0.1) is 6.92 Å². The Bertz CT molecular complexity index is 977. The molecule has 1 heterocycles. The van der Waals surface area contributed by atoms with Crippen molar-refractivity contribution >= 4 is 23.6 Å². The van der Waals surface area contributed by atoms with Crippen LogP contribution in [0.1, 0.15) is 73.7 Å². The number of esters is 1. The van der Waals surface area contributed by atoms with Gasteiger partial charge in [0.1, 0.15) is 0 Å². The lowest BCUT2D eigenvalue weighted by atomic mass is 10.0. The zero-order valence-corrected chi connectivity index (χ0v) is 16.7. The molecule has 0 radical (unpaired) electrons. The third-order valence-electron chi connectivity index (χ3n) is 4.93. The molecule has 2 aromatic rings. The van der Waals surface area contributed by atoms with Crippen LogP contribution < -0.4 is 0 Å². The van der Waals surface area contributed by atoms with Gasteiger partial charge < -0.3 is 4.74 Å². The van der Waals surface area contributed by atoms with Crippen molar-refractivity contribution < 1.29 is 23.9 Å². The highest BCUT2D eigenvalue weighted by Crippen LogP contribution is 2.25. The van der Waals surface area contributed by atoms with Gasteiger partial charge in [-0.3, -0.25) is 19.3 Å². The molecule has 150 valence electrons. The number of amides is 2. The molecule has 6 nitrogen and oxygen atoms in total. The van der Waals surface area contributed by atoms with E-state index in [-0.39, 0.29) is 28.4 Å². The third-order valence-corrected chi connectivity index (χ3v) is 4.93. The predicted octanol–water partition coefficient (Wildman–Crippen LogP) is 3.82. The molecule has 0 unspecified atom stereocenters. The fourth-order valence-electron chi connectivity index (χ4n) is 3.17. The summed E-state index contributed by atoms with van der Waals surface area (Å²) in [6.45, 7) is 5.76. The maximum atomic E-state index is 12.5. The molecule has 0 spiro atoms. The van der Waals surface area contributed by atoms with E-state index in [2.05, 4.69) is 0 Å². The second kappa shape index (κ2) is 8.39. The van der Waals surface area contributed by atoms with Crippen LogP contribution in [0.4, 0.5) is 0 Å².